The largest absolute Gasteiger partial charge is 0.497 e. The molecule has 0 saturated heterocycles. The summed E-state index contributed by atoms with van der Waals surface area (Å²) in [4.78, 5) is 12.4. The Morgan fingerprint density at radius 2 is 2.03 bits per heavy atom. The second kappa shape index (κ2) is 10.7. The van der Waals surface area contributed by atoms with Crippen molar-refractivity contribution >= 4 is 35.0 Å². The predicted octanol–water partition coefficient (Wildman–Crippen LogP) is 4.44. The molecular formula is C21H21ClN4O3S. The molecule has 9 heteroatoms. The van der Waals surface area contributed by atoms with E-state index in [1.165, 1.54) is 11.8 Å². The number of anilines is 1. The van der Waals surface area contributed by atoms with Crippen molar-refractivity contribution in [1.29, 1.82) is 0 Å². The monoisotopic (exact) mass is 444 g/mol. The number of methoxy groups -OCH3 is 1. The lowest BCUT2D eigenvalue weighted by atomic mass is 10.3. The van der Waals surface area contributed by atoms with Crippen molar-refractivity contribution in [2.24, 2.45) is 0 Å². The van der Waals surface area contributed by atoms with Crippen LogP contribution in [0.3, 0.4) is 0 Å². The summed E-state index contributed by atoms with van der Waals surface area (Å²) in [6.45, 7) is 4.55. The van der Waals surface area contributed by atoms with Gasteiger partial charge in [-0.1, -0.05) is 47.6 Å². The summed E-state index contributed by atoms with van der Waals surface area (Å²) in [7, 11) is 1.55. The van der Waals surface area contributed by atoms with Crippen LogP contribution in [0.4, 0.5) is 5.69 Å². The highest BCUT2D eigenvalue weighted by Crippen LogP contribution is 2.27. The van der Waals surface area contributed by atoms with E-state index >= 15 is 0 Å². The van der Waals surface area contributed by atoms with Crippen molar-refractivity contribution in [2.75, 3.05) is 18.2 Å². The van der Waals surface area contributed by atoms with E-state index in [0.717, 1.165) is 5.75 Å². The van der Waals surface area contributed by atoms with E-state index in [9.17, 15) is 4.79 Å². The first-order valence-corrected chi connectivity index (χ1v) is 10.4. The summed E-state index contributed by atoms with van der Waals surface area (Å²) < 4.78 is 12.8. The fraction of sp³-hybridized carbons (Fsp3) is 0.190. The van der Waals surface area contributed by atoms with E-state index in [4.69, 9.17) is 21.1 Å². The number of nitrogens with zero attached hydrogens (tertiary/aromatic N) is 3. The Labute approximate surface area is 184 Å². The maximum absolute atomic E-state index is 12.4. The molecule has 30 heavy (non-hydrogen) atoms. The zero-order chi connectivity index (χ0) is 21.3. The van der Waals surface area contributed by atoms with Crippen molar-refractivity contribution in [3.05, 3.63) is 72.0 Å². The minimum absolute atomic E-state index is 0.141. The Balaban J connectivity index is 1.62. The Bertz CT molecular complexity index is 1010. The van der Waals surface area contributed by atoms with Crippen LogP contribution in [0.1, 0.15) is 5.82 Å². The van der Waals surface area contributed by atoms with Crippen LogP contribution in [0, 0.1) is 0 Å². The molecule has 1 N–H and O–H groups in total. The zero-order valence-electron chi connectivity index (χ0n) is 16.4. The second-order valence-corrected chi connectivity index (χ2v) is 7.43. The smallest absolute Gasteiger partial charge is 0.234 e. The molecule has 1 aromatic heterocycles. The zero-order valence-corrected chi connectivity index (χ0v) is 17.9. The van der Waals surface area contributed by atoms with E-state index in [1.54, 1.807) is 31.4 Å². The summed E-state index contributed by atoms with van der Waals surface area (Å²) in [6.07, 6.45) is 1.75. The molecule has 0 atom stereocenters. The molecule has 0 fully saturated rings. The van der Waals surface area contributed by atoms with Crippen molar-refractivity contribution in [3.8, 4) is 11.5 Å². The number of hydrogen-bond acceptors (Lipinski definition) is 6. The van der Waals surface area contributed by atoms with Crippen LogP contribution in [0.2, 0.25) is 5.02 Å². The quantitative estimate of drug-likeness (QED) is 0.368. The summed E-state index contributed by atoms with van der Waals surface area (Å²) in [5.41, 5.74) is 0.492. The maximum atomic E-state index is 12.4. The van der Waals surface area contributed by atoms with Gasteiger partial charge in [0.05, 0.1) is 23.6 Å². The standard InChI is InChI=1S/C21H21ClN4O3S/c1-3-11-26-19(13-29-15-7-5-4-6-8-15)24-25-21(26)30-14-20(27)23-18-12-16(28-2)9-10-17(18)22/h3-10,12H,1,11,13-14H2,2H3,(H,23,27). The molecule has 156 valence electrons. The van der Waals surface area contributed by atoms with Gasteiger partial charge < -0.3 is 14.8 Å². The number of allylic oxidation sites excluding steroid dienone is 1. The Hall–Kier alpha value is -2.97. The average Bonchev–Trinajstić information content (AvgIpc) is 3.15. The van der Waals surface area contributed by atoms with Crippen LogP contribution in [0.25, 0.3) is 0 Å². The molecule has 0 radical (unpaired) electrons. The Morgan fingerprint density at radius 3 is 2.77 bits per heavy atom. The van der Waals surface area contributed by atoms with Gasteiger partial charge in [0.25, 0.3) is 0 Å². The summed E-state index contributed by atoms with van der Waals surface area (Å²) in [5, 5.41) is 12.2. The number of aromatic nitrogens is 3. The van der Waals surface area contributed by atoms with Gasteiger partial charge in [0.15, 0.2) is 11.0 Å². The van der Waals surface area contributed by atoms with E-state index in [0.29, 0.717) is 34.0 Å². The molecule has 0 aliphatic carbocycles. The number of benzene rings is 2. The van der Waals surface area contributed by atoms with E-state index in [2.05, 4.69) is 22.1 Å². The highest BCUT2D eigenvalue weighted by molar-refractivity contribution is 7.99. The van der Waals surface area contributed by atoms with Crippen molar-refractivity contribution < 1.29 is 14.3 Å². The molecule has 1 amide bonds. The summed E-state index contributed by atoms with van der Waals surface area (Å²) >= 11 is 7.41. The Kier molecular flexibility index (Phi) is 7.75. The second-order valence-electron chi connectivity index (χ2n) is 6.08. The average molecular weight is 445 g/mol. The van der Waals surface area contributed by atoms with Crippen molar-refractivity contribution in [2.45, 2.75) is 18.3 Å². The lowest BCUT2D eigenvalue weighted by Gasteiger charge is -2.10. The fourth-order valence-corrected chi connectivity index (χ4v) is 3.48. The molecular weight excluding hydrogens is 424 g/mol. The third kappa shape index (κ3) is 5.77. The number of halogens is 1. The number of ether oxygens (including phenoxy) is 2. The van der Waals surface area contributed by atoms with Crippen LogP contribution in [-0.2, 0) is 17.9 Å². The number of carbonyl (C=O) groups excluding carboxylic acids is 1. The number of amides is 1. The number of hydrogen-bond donors (Lipinski definition) is 1. The van der Waals surface area contributed by atoms with Gasteiger partial charge in [-0.05, 0) is 24.3 Å². The summed E-state index contributed by atoms with van der Waals surface area (Å²) in [5.74, 6) is 1.93. The summed E-state index contributed by atoms with van der Waals surface area (Å²) in [6, 6.07) is 14.5. The van der Waals surface area contributed by atoms with Gasteiger partial charge in [-0.2, -0.15) is 0 Å². The molecule has 3 rings (SSSR count). The van der Waals surface area contributed by atoms with E-state index in [-0.39, 0.29) is 18.3 Å². The van der Waals surface area contributed by atoms with E-state index < -0.39 is 0 Å². The highest BCUT2D eigenvalue weighted by Gasteiger charge is 2.15. The number of thioether (sulfide) groups is 1. The van der Waals surface area contributed by atoms with Crippen LogP contribution in [-0.4, -0.2) is 33.5 Å². The minimum Gasteiger partial charge on any atom is -0.497 e. The van der Waals surface area contributed by atoms with E-state index in [1.807, 2.05) is 34.9 Å². The lowest BCUT2D eigenvalue weighted by molar-refractivity contribution is -0.113. The van der Waals surface area contributed by atoms with Crippen LogP contribution in [0.15, 0.2) is 66.3 Å². The van der Waals surface area contributed by atoms with Crippen LogP contribution in [0.5, 0.6) is 11.5 Å². The van der Waals surface area contributed by atoms with Crippen LogP contribution >= 0.6 is 23.4 Å². The van der Waals surface area contributed by atoms with Gasteiger partial charge in [-0.15, -0.1) is 16.8 Å². The number of nitrogens with one attached hydrogen (secondary N) is 1. The topological polar surface area (TPSA) is 78.3 Å². The third-order valence-electron chi connectivity index (χ3n) is 4.00. The molecule has 0 saturated carbocycles. The maximum Gasteiger partial charge on any atom is 0.234 e. The van der Waals surface area contributed by atoms with Crippen LogP contribution < -0.4 is 14.8 Å². The van der Waals surface area contributed by atoms with Gasteiger partial charge in [0.2, 0.25) is 5.91 Å². The van der Waals surface area contributed by atoms with Gasteiger partial charge in [0.1, 0.15) is 18.1 Å². The molecule has 0 aliphatic heterocycles. The molecule has 7 nitrogen and oxygen atoms in total. The normalized spacial score (nSPS) is 10.5. The third-order valence-corrected chi connectivity index (χ3v) is 5.29. The first kappa shape index (κ1) is 21.7. The minimum atomic E-state index is -0.217. The SMILES string of the molecule is C=CCn1c(COc2ccccc2)nnc1SCC(=O)Nc1cc(OC)ccc1Cl. The van der Waals surface area contributed by atoms with Gasteiger partial charge in [0, 0.05) is 12.6 Å². The molecule has 0 aliphatic rings. The number of rotatable bonds is 10. The molecule has 0 unspecified atom stereocenters. The van der Waals surface area contributed by atoms with Gasteiger partial charge in [-0.25, -0.2) is 0 Å². The molecule has 2 aromatic carbocycles. The fourth-order valence-electron chi connectivity index (χ4n) is 2.55. The molecule has 0 spiro atoms. The number of para-hydroxylation sites is 1. The lowest BCUT2D eigenvalue weighted by Crippen LogP contribution is -2.15. The first-order chi connectivity index (χ1) is 14.6. The number of carbonyl (C=O) groups is 1. The van der Waals surface area contributed by atoms with Crippen molar-refractivity contribution in [1.82, 2.24) is 14.8 Å². The Morgan fingerprint density at radius 1 is 1.23 bits per heavy atom. The molecule has 3 aromatic rings. The predicted molar refractivity (Wildman–Crippen MR) is 118 cm³/mol. The molecule has 0 bridgehead atoms. The van der Waals surface area contributed by atoms with Gasteiger partial charge in [-0.3, -0.25) is 9.36 Å². The van der Waals surface area contributed by atoms with Gasteiger partial charge >= 0.3 is 0 Å². The first-order valence-electron chi connectivity index (χ1n) is 9.07. The molecule has 1 heterocycles. The highest BCUT2D eigenvalue weighted by atomic mass is 35.5. The van der Waals surface area contributed by atoms with Crippen molar-refractivity contribution in [3.63, 3.8) is 0 Å².